The molecule has 0 saturated heterocycles. The van der Waals surface area contributed by atoms with Gasteiger partial charge in [-0.15, -0.1) is 0 Å². The Morgan fingerprint density at radius 3 is 1.77 bits per heavy atom. The minimum atomic E-state index is -4.23. The summed E-state index contributed by atoms with van der Waals surface area (Å²) in [6.45, 7) is 3.29. The molecule has 0 aromatic carbocycles. The maximum Gasteiger partial charge on any atom is 0.435 e. The first-order valence-electron chi connectivity index (χ1n) is 7.74. The minimum absolute atomic E-state index is 0. The highest BCUT2D eigenvalue weighted by molar-refractivity contribution is 7.81. The third-order valence-electron chi connectivity index (χ3n) is 2.96. The van der Waals surface area contributed by atoms with Gasteiger partial charge in [0.1, 0.15) is 0 Å². The summed E-state index contributed by atoms with van der Waals surface area (Å²) in [4.78, 5) is 14.3. The molecule has 0 aliphatic carbocycles. The Hall–Kier alpha value is -0.700. The van der Waals surface area contributed by atoms with Crippen LogP contribution in [0.25, 0.3) is 0 Å². The van der Waals surface area contributed by atoms with Crippen molar-refractivity contribution in [2.75, 3.05) is 6.61 Å². The average Bonchev–Trinajstić information content (AvgIpc) is 2.43. The lowest BCUT2D eigenvalue weighted by Crippen LogP contribution is -2.13. The summed E-state index contributed by atoms with van der Waals surface area (Å²) in [5.41, 5.74) is 0. The molecular formula is C14H31NO6S. The summed E-state index contributed by atoms with van der Waals surface area (Å²) in [6, 6.07) is 0. The number of hydrogen-bond donors (Lipinski definition) is 1. The molecule has 0 unspecified atom stereocenters. The van der Waals surface area contributed by atoms with Gasteiger partial charge < -0.3 is 6.15 Å². The molecule has 0 spiro atoms. The van der Waals surface area contributed by atoms with Gasteiger partial charge in [-0.05, 0) is 10.8 Å². The van der Waals surface area contributed by atoms with Crippen molar-refractivity contribution in [1.29, 1.82) is 0 Å². The van der Waals surface area contributed by atoms with Gasteiger partial charge in [0.25, 0.3) is 0 Å². The van der Waals surface area contributed by atoms with Gasteiger partial charge in [0.05, 0.1) is 6.61 Å². The van der Waals surface area contributed by atoms with E-state index in [0.29, 0.717) is 6.42 Å². The van der Waals surface area contributed by atoms with Crippen molar-refractivity contribution in [3.8, 4) is 0 Å². The first-order chi connectivity index (χ1) is 9.98. The van der Waals surface area contributed by atoms with Crippen molar-refractivity contribution in [3.05, 3.63) is 0 Å². The first kappa shape index (κ1) is 23.6. The molecule has 0 bridgehead atoms. The van der Waals surface area contributed by atoms with Crippen molar-refractivity contribution in [2.24, 2.45) is 0 Å². The molecule has 0 aliphatic heterocycles. The molecule has 0 rings (SSSR count). The highest BCUT2D eigenvalue weighted by atomic mass is 32.3. The summed E-state index contributed by atoms with van der Waals surface area (Å²) in [7, 11) is -4.23. The molecule has 3 N–H and O–H groups in total. The van der Waals surface area contributed by atoms with Crippen LogP contribution in [-0.2, 0) is 28.6 Å². The van der Waals surface area contributed by atoms with E-state index in [0.717, 1.165) is 19.8 Å². The highest BCUT2D eigenvalue weighted by Crippen LogP contribution is 2.10. The zero-order valence-electron chi connectivity index (χ0n) is 13.8. The van der Waals surface area contributed by atoms with E-state index in [1.165, 1.54) is 44.9 Å². The van der Waals surface area contributed by atoms with Gasteiger partial charge in [0.2, 0.25) is 0 Å². The second-order valence-electron chi connectivity index (χ2n) is 5.06. The van der Waals surface area contributed by atoms with Crippen molar-refractivity contribution < 1.29 is 26.6 Å². The second-order valence-corrected chi connectivity index (χ2v) is 6.24. The smallest absolute Gasteiger partial charge is 0.344 e. The molecule has 134 valence electrons. The molecule has 0 aliphatic rings. The maximum atomic E-state index is 11.1. The summed E-state index contributed by atoms with van der Waals surface area (Å²) in [5.74, 6) is -0.846. The van der Waals surface area contributed by atoms with Crippen LogP contribution >= 0.6 is 0 Å². The Kier molecular flexibility index (Phi) is 16.3. The molecule has 0 saturated carbocycles. The van der Waals surface area contributed by atoms with Crippen LogP contribution < -0.4 is 6.15 Å². The fourth-order valence-corrected chi connectivity index (χ4v) is 2.40. The van der Waals surface area contributed by atoms with Gasteiger partial charge in [0, 0.05) is 6.92 Å². The summed E-state index contributed by atoms with van der Waals surface area (Å²) >= 11 is 0. The Balaban J connectivity index is 0. The van der Waals surface area contributed by atoms with Crippen LogP contribution in [0, 0.1) is 0 Å². The van der Waals surface area contributed by atoms with Crippen LogP contribution in [0.15, 0.2) is 0 Å². The van der Waals surface area contributed by atoms with Gasteiger partial charge in [0.15, 0.2) is 0 Å². The Morgan fingerprint density at radius 1 is 0.864 bits per heavy atom. The van der Waals surface area contributed by atoms with E-state index < -0.39 is 16.4 Å². The monoisotopic (exact) mass is 341 g/mol. The summed E-state index contributed by atoms with van der Waals surface area (Å²) in [5, 5.41) is 0. The number of carbonyl (C=O) groups excluding carboxylic acids is 1. The van der Waals surface area contributed by atoms with Crippen LogP contribution in [-0.4, -0.2) is 21.0 Å². The standard InChI is InChI=1S/C14H28O6S.H3N/c1-3-4-5-6-7-8-9-10-11-12-13-18-21(16,17)20-19-14(2)15;/h3-13H2,1-2H3;1H3. The molecule has 0 atom stereocenters. The summed E-state index contributed by atoms with van der Waals surface area (Å²) in [6.07, 6.45) is 11.5. The predicted molar refractivity (Wildman–Crippen MR) is 84.6 cm³/mol. The van der Waals surface area contributed by atoms with Gasteiger partial charge >= 0.3 is 16.4 Å². The van der Waals surface area contributed by atoms with E-state index >= 15 is 0 Å². The number of carbonyl (C=O) groups is 1. The summed E-state index contributed by atoms with van der Waals surface area (Å²) < 4.78 is 30.6. The lowest BCUT2D eigenvalue weighted by atomic mass is 10.1. The van der Waals surface area contributed by atoms with E-state index in [9.17, 15) is 13.2 Å². The molecule has 0 amide bonds. The maximum absolute atomic E-state index is 11.1. The SMILES string of the molecule is CCCCCCCCCCCCOS(=O)(=O)OOC(C)=O.N. The third kappa shape index (κ3) is 17.4. The molecule has 7 nitrogen and oxygen atoms in total. The normalized spacial score (nSPS) is 11.0. The molecule has 0 radical (unpaired) electrons. The highest BCUT2D eigenvalue weighted by Gasteiger charge is 2.14. The van der Waals surface area contributed by atoms with Crippen LogP contribution in [0.2, 0.25) is 0 Å². The zero-order chi connectivity index (χ0) is 16.0. The van der Waals surface area contributed by atoms with Gasteiger partial charge in [-0.3, -0.25) is 4.89 Å². The van der Waals surface area contributed by atoms with Crippen molar-refractivity contribution in [3.63, 3.8) is 0 Å². The molecule has 0 fully saturated rings. The molecule has 22 heavy (non-hydrogen) atoms. The van der Waals surface area contributed by atoms with Gasteiger partial charge in [-0.2, -0.15) is 8.42 Å². The minimum Gasteiger partial charge on any atom is -0.344 e. The molecule has 0 aromatic rings. The van der Waals surface area contributed by atoms with Crippen LogP contribution in [0.1, 0.15) is 78.1 Å². The third-order valence-corrected chi connectivity index (χ3v) is 3.65. The first-order valence-corrected chi connectivity index (χ1v) is 9.07. The Morgan fingerprint density at radius 2 is 1.32 bits per heavy atom. The largest absolute Gasteiger partial charge is 0.435 e. The number of hydrogen-bond acceptors (Lipinski definition) is 7. The molecule has 0 heterocycles. The van der Waals surface area contributed by atoms with E-state index in [2.05, 4.69) is 20.3 Å². The molecule has 8 heteroatoms. The van der Waals surface area contributed by atoms with Crippen molar-refractivity contribution in [1.82, 2.24) is 6.15 Å². The van der Waals surface area contributed by atoms with Crippen LogP contribution in [0.4, 0.5) is 0 Å². The fraction of sp³-hybridized carbons (Fsp3) is 0.929. The van der Waals surface area contributed by atoms with Crippen molar-refractivity contribution in [2.45, 2.75) is 78.1 Å². The lowest BCUT2D eigenvalue weighted by Gasteiger charge is -2.04. The zero-order valence-corrected chi connectivity index (χ0v) is 14.7. The average molecular weight is 341 g/mol. The Bertz CT molecular complexity index is 358. The van der Waals surface area contributed by atoms with Crippen LogP contribution in [0.3, 0.4) is 0 Å². The number of unbranched alkanes of at least 4 members (excludes halogenated alkanes) is 9. The fourth-order valence-electron chi connectivity index (χ4n) is 1.86. The second kappa shape index (κ2) is 15.2. The Labute approximate surface area is 134 Å². The lowest BCUT2D eigenvalue weighted by molar-refractivity contribution is -0.212. The van der Waals surface area contributed by atoms with Crippen molar-refractivity contribution >= 4 is 16.4 Å². The van der Waals surface area contributed by atoms with Crippen LogP contribution in [0.5, 0.6) is 0 Å². The van der Waals surface area contributed by atoms with Gasteiger partial charge in [-0.1, -0.05) is 64.7 Å². The topological polar surface area (TPSA) is 114 Å². The number of rotatable bonds is 14. The quantitative estimate of drug-likeness (QED) is 0.290. The van der Waals surface area contributed by atoms with E-state index in [-0.39, 0.29) is 12.8 Å². The predicted octanol–water partition coefficient (Wildman–Crippen LogP) is 3.83. The van der Waals surface area contributed by atoms with E-state index in [1.807, 2.05) is 0 Å². The van der Waals surface area contributed by atoms with E-state index in [4.69, 9.17) is 0 Å². The van der Waals surface area contributed by atoms with E-state index in [1.54, 1.807) is 0 Å². The molecule has 0 aromatic heterocycles. The van der Waals surface area contributed by atoms with Gasteiger partial charge in [-0.25, -0.2) is 8.98 Å². The molecular weight excluding hydrogens is 310 g/mol.